The first kappa shape index (κ1) is 19.9. The minimum absolute atomic E-state index is 0.0552. The van der Waals surface area contributed by atoms with Gasteiger partial charge in [-0.25, -0.2) is 4.79 Å². The molecule has 3 aliphatic heterocycles. The first-order chi connectivity index (χ1) is 14.0. The fourth-order valence-corrected chi connectivity index (χ4v) is 4.62. The third-order valence-electron chi connectivity index (χ3n) is 6.05. The lowest BCUT2D eigenvalue weighted by Crippen LogP contribution is -2.66. The number of hydrogen-bond acceptors (Lipinski definition) is 7. The van der Waals surface area contributed by atoms with E-state index in [4.69, 9.17) is 9.84 Å². The molecule has 1 aromatic rings. The Morgan fingerprint density at radius 1 is 1.28 bits per heavy atom. The molecule has 0 saturated carbocycles. The summed E-state index contributed by atoms with van der Waals surface area (Å²) in [5.74, 6) is 0.592. The van der Waals surface area contributed by atoms with E-state index in [1.54, 1.807) is 19.1 Å². The number of benzene rings is 1. The van der Waals surface area contributed by atoms with Crippen molar-refractivity contribution in [2.45, 2.75) is 38.3 Å². The summed E-state index contributed by atoms with van der Waals surface area (Å²) in [6, 6.07) is 5.30. The number of urea groups is 1. The fourth-order valence-electron chi connectivity index (χ4n) is 4.62. The Labute approximate surface area is 170 Å². The molecule has 0 aliphatic carbocycles. The largest absolute Gasteiger partial charge is 0.495 e. The molecular formula is C20H29N5O4. The zero-order valence-corrected chi connectivity index (χ0v) is 17.2. The molecule has 0 bridgehead atoms. The molecule has 3 saturated heterocycles. The van der Waals surface area contributed by atoms with Gasteiger partial charge in [-0.3, -0.25) is 19.9 Å². The number of carbonyl (C=O) groups excluding carboxylic acids is 2. The zero-order valence-electron chi connectivity index (χ0n) is 17.2. The maximum atomic E-state index is 13.2. The van der Waals surface area contributed by atoms with Gasteiger partial charge >= 0.3 is 6.03 Å². The van der Waals surface area contributed by atoms with E-state index in [9.17, 15) is 9.59 Å². The first-order valence-corrected chi connectivity index (χ1v) is 10.1. The highest BCUT2D eigenvalue weighted by atomic mass is 16.5. The van der Waals surface area contributed by atoms with Crippen LogP contribution in [-0.4, -0.2) is 90.6 Å². The van der Waals surface area contributed by atoms with Crippen molar-refractivity contribution in [1.82, 2.24) is 20.0 Å². The number of hydrogen-bond donors (Lipinski definition) is 2. The van der Waals surface area contributed by atoms with Crippen LogP contribution in [0.5, 0.6) is 5.75 Å². The molecule has 158 valence electrons. The van der Waals surface area contributed by atoms with Gasteiger partial charge in [-0.1, -0.05) is 6.07 Å². The van der Waals surface area contributed by atoms with Gasteiger partial charge in [0.2, 0.25) is 0 Å². The van der Waals surface area contributed by atoms with E-state index >= 15 is 0 Å². The second-order valence-electron chi connectivity index (χ2n) is 7.85. The molecule has 9 nitrogen and oxygen atoms in total. The highest BCUT2D eigenvalue weighted by Crippen LogP contribution is 2.37. The number of ether oxygens (including phenoxy) is 1. The van der Waals surface area contributed by atoms with Gasteiger partial charge < -0.3 is 19.6 Å². The summed E-state index contributed by atoms with van der Waals surface area (Å²) in [5.41, 5.74) is 2.11. The monoisotopic (exact) mass is 403 g/mol. The van der Waals surface area contributed by atoms with Gasteiger partial charge in [0, 0.05) is 33.3 Å². The SMILES string of the molecule is COc1ccc(C)cc1N1CCCN2C3C(=O)N(CCCO)C(=O)N(C)C3NC12. The Hall–Kier alpha value is -2.36. The Kier molecular flexibility index (Phi) is 5.37. The van der Waals surface area contributed by atoms with Crippen LogP contribution in [0.1, 0.15) is 18.4 Å². The number of imide groups is 1. The molecule has 3 fully saturated rings. The molecule has 4 rings (SSSR count). The van der Waals surface area contributed by atoms with Crippen molar-refractivity contribution in [2.75, 3.05) is 45.3 Å². The summed E-state index contributed by atoms with van der Waals surface area (Å²) < 4.78 is 5.59. The quantitative estimate of drug-likeness (QED) is 0.735. The molecule has 3 atom stereocenters. The standard InChI is InChI=1S/C20H29N5O4/c1-13-6-7-15(29-3)14(12-13)23-8-4-9-24-16-17(21-19(23)24)22(2)20(28)25(18(16)27)10-5-11-26/h6-7,12,16-17,19,21,26H,4-5,8-11H2,1-3H3. The number of aryl methyl sites for hydroxylation is 1. The van der Waals surface area contributed by atoms with Gasteiger partial charge in [-0.15, -0.1) is 0 Å². The van der Waals surface area contributed by atoms with E-state index < -0.39 is 6.04 Å². The van der Waals surface area contributed by atoms with Crippen molar-refractivity contribution in [1.29, 1.82) is 0 Å². The van der Waals surface area contributed by atoms with E-state index in [2.05, 4.69) is 21.2 Å². The Balaban J connectivity index is 1.66. The number of methoxy groups -OCH3 is 1. The van der Waals surface area contributed by atoms with E-state index in [1.807, 2.05) is 19.1 Å². The van der Waals surface area contributed by atoms with Gasteiger partial charge in [-0.2, -0.15) is 0 Å². The van der Waals surface area contributed by atoms with Crippen LogP contribution >= 0.6 is 0 Å². The number of likely N-dealkylation sites (N-methyl/N-ethyl adjacent to an activating group) is 1. The predicted molar refractivity (Wildman–Crippen MR) is 107 cm³/mol. The number of carbonyl (C=O) groups is 2. The number of rotatable bonds is 5. The molecule has 2 N–H and O–H groups in total. The number of nitrogens with one attached hydrogen (secondary N) is 1. The molecule has 0 aromatic heterocycles. The molecule has 3 amide bonds. The number of aliphatic hydroxyl groups excluding tert-OH is 1. The molecule has 1 aromatic carbocycles. The lowest BCUT2D eigenvalue weighted by molar-refractivity contribution is -0.138. The van der Waals surface area contributed by atoms with Gasteiger partial charge in [0.1, 0.15) is 24.2 Å². The smallest absolute Gasteiger partial charge is 0.327 e. The topological polar surface area (TPSA) is 88.6 Å². The van der Waals surface area contributed by atoms with Crippen LogP contribution in [0.4, 0.5) is 10.5 Å². The average molecular weight is 403 g/mol. The maximum Gasteiger partial charge on any atom is 0.327 e. The Morgan fingerprint density at radius 2 is 2.07 bits per heavy atom. The summed E-state index contributed by atoms with van der Waals surface area (Å²) in [6.45, 7) is 3.82. The maximum absolute atomic E-state index is 13.2. The van der Waals surface area contributed by atoms with Crippen molar-refractivity contribution in [3.63, 3.8) is 0 Å². The summed E-state index contributed by atoms with van der Waals surface area (Å²) in [6.07, 6.45) is 0.694. The third kappa shape index (κ3) is 3.23. The molecule has 3 heterocycles. The number of nitrogens with zero attached hydrogens (tertiary/aromatic N) is 4. The van der Waals surface area contributed by atoms with E-state index in [0.717, 1.165) is 36.5 Å². The van der Waals surface area contributed by atoms with Crippen molar-refractivity contribution < 1.29 is 19.4 Å². The molecule has 3 unspecified atom stereocenters. The molecule has 0 spiro atoms. The van der Waals surface area contributed by atoms with Crippen LogP contribution in [0.15, 0.2) is 18.2 Å². The summed E-state index contributed by atoms with van der Waals surface area (Å²) in [4.78, 5) is 33.2. The van der Waals surface area contributed by atoms with Crippen LogP contribution in [0, 0.1) is 6.92 Å². The van der Waals surface area contributed by atoms with E-state index in [-0.39, 0.29) is 37.5 Å². The molecule has 3 aliphatic rings. The summed E-state index contributed by atoms with van der Waals surface area (Å²) in [5, 5.41) is 12.6. The minimum atomic E-state index is -0.444. The number of amides is 3. The van der Waals surface area contributed by atoms with E-state index in [1.165, 1.54) is 4.90 Å². The van der Waals surface area contributed by atoms with Crippen LogP contribution in [0.3, 0.4) is 0 Å². The second kappa shape index (κ2) is 7.81. The summed E-state index contributed by atoms with van der Waals surface area (Å²) >= 11 is 0. The number of anilines is 1. The number of fused-ring (bicyclic) bond motifs is 3. The Bertz CT molecular complexity index is 803. The van der Waals surface area contributed by atoms with Gasteiger partial charge in [0.15, 0.2) is 0 Å². The van der Waals surface area contributed by atoms with Gasteiger partial charge in [-0.05, 0) is 37.5 Å². The fraction of sp³-hybridized carbons (Fsp3) is 0.600. The molecule has 9 heteroatoms. The average Bonchev–Trinajstić information content (AvgIpc) is 3.12. The normalized spacial score (nSPS) is 27.3. The van der Waals surface area contributed by atoms with Crippen molar-refractivity contribution >= 4 is 17.6 Å². The van der Waals surface area contributed by atoms with Crippen LogP contribution in [0.2, 0.25) is 0 Å². The lowest BCUT2D eigenvalue weighted by Gasteiger charge is -2.44. The lowest BCUT2D eigenvalue weighted by atomic mass is 10.1. The van der Waals surface area contributed by atoms with E-state index in [0.29, 0.717) is 6.42 Å². The van der Waals surface area contributed by atoms with Gasteiger partial charge in [0.25, 0.3) is 5.91 Å². The summed E-state index contributed by atoms with van der Waals surface area (Å²) in [7, 11) is 3.38. The molecule has 29 heavy (non-hydrogen) atoms. The third-order valence-corrected chi connectivity index (χ3v) is 6.05. The minimum Gasteiger partial charge on any atom is -0.495 e. The van der Waals surface area contributed by atoms with Crippen molar-refractivity contribution in [3.05, 3.63) is 23.8 Å². The number of aliphatic hydroxyl groups is 1. The van der Waals surface area contributed by atoms with Gasteiger partial charge in [0.05, 0.1) is 12.8 Å². The highest BCUT2D eigenvalue weighted by Gasteiger charge is 2.56. The molecule has 0 radical (unpaired) electrons. The van der Waals surface area contributed by atoms with Crippen molar-refractivity contribution in [3.8, 4) is 5.75 Å². The second-order valence-corrected chi connectivity index (χ2v) is 7.85. The zero-order chi connectivity index (χ0) is 20.7. The van der Waals surface area contributed by atoms with Crippen LogP contribution < -0.4 is 15.0 Å². The predicted octanol–water partition coefficient (Wildman–Crippen LogP) is 0.374. The molecular weight excluding hydrogens is 374 g/mol. The highest BCUT2D eigenvalue weighted by molar-refractivity contribution is 6.00. The van der Waals surface area contributed by atoms with Crippen LogP contribution in [0.25, 0.3) is 0 Å². The van der Waals surface area contributed by atoms with Crippen LogP contribution in [-0.2, 0) is 4.79 Å². The first-order valence-electron chi connectivity index (χ1n) is 10.1. The Morgan fingerprint density at radius 3 is 2.79 bits per heavy atom. The van der Waals surface area contributed by atoms with Crippen molar-refractivity contribution in [2.24, 2.45) is 0 Å².